The van der Waals surface area contributed by atoms with Crippen LogP contribution in [-0.2, 0) is 0 Å². The van der Waals surface area contributed by atoms with Gasteiger partial charge >= 0.3 is 0 Å². The summed E-state index contributed by atoms with van der Waals surface area (Å²) in [7, 11) is 0. The lowest BCUT2D eigenvalue weighted by molar-refractivity contribution is -0.384. The van der Waals surface area contributed by atoms with E-state index in [-0.39, 0.29) is 10.6 Å². The molecule has 0 amide bonds. The minimum atomic E-state index is -0.377. The van der Waals surface area contributed by atoms with Crippen LogP contribution >= 0.6 is 11.8 Å². The second-order valence-corrected chi connectivity index (χ2v) is 5.07. The van der Waals surface area contributed by atoms with E-state index in [2.05, 4.69) is 18.4 Å². The molecule has 1 aromatic carbocycles. The van der Waals surface area contributed by atoms with E-state index < -0.39 is 0 Å². The molecule has 98 valence electrons. The highest BCUT2D eigenvalue weighted by Gasteiger charge is 2.02. The van der Waals surface area contributed by atoms with Crippen LogP contribution in [0.25, 0.3) is 0 Å². The summed E-state index contributed by atoms with van der Waals surface area (Å²) < 4.78 is 0. The van der Waals surface area contributed by atoms with Crippen LogP contribution in [0.5, 0.6) is 0 Å². The van der Waals surface area contributed by atoms with Gasteiger partial charge < -0.3 is 0 Å². The quantitative estimate of drug-likeness (QED) is 0.282. The Labute approximate surface area is 112 Å². The molecule has 0 atom stereocenters. The molecule has 0 aliphatic rings. The summed E-state index contributed by atoms with van der Waals surface area (Å²) in [6.45, 7) is 2.21. The summed E-state index contributed by atoms with van der Waals surface area (Å²) in [5, 5.41) is 12.5. The Hall–Kier alpha value is -1.29. The molecular formula is C14H19NO2S. The molecule has 1 rings (SSSR count). The van der Waals surface area contributed by atoms with Crippen LogP contribution in [0.15, 0.2) is 40.6 Å². The van der Waals surface area contributed by atoms with Gasteiger partial charge in [-0.1, -0.05) is 44.0 Å². The summed E-state index contributed by atoms with van der Waals surface area (Å²) >= 11 is 1.60. The van der Waals surface area contributed by atoms with Gasteiger partial charge in [-0.25, -0.2) is 0 Å². The number of nitro benzene ring substituents is 1. The average molecular weight is 265 g/mol. The molecule has 0 radical (unpaired) electrons. The summed E-state index contributed by atoms with van der Waals surface area (Å²) in [5.74, 6) is 0. The largest absolute Gasteiger partial charge is 0.269 e. The molecular weight excluding hydrogens is 246 g/mol. The van der Waals surface area contributed by atoms with Crippen molar-refractivity contribution in [2.75, 3.05) is 0 Å². The number of nitro groups is 1. The van der Waals surface area contributed by atoms with Gasteiger partial charge in [0.05, 0.1) is 4.92 Å². The predicted octanol–water partition coefficient (Wildman–Crippen LogP) is 5.17. The van der Waals surface area contributed by atoms with Crippen LogP contribution in [0.3, 0.4) is 0 Å². The molecule has 0 saturated heterocycles. The third-order valence-electron chi connectivity index (χ3n) is 2.57. The second-order valence-electron chi connectivity index (χ2n) is 4.09. The van der Waals surface area contributed by atoms with Gasteiger partial charge in [-0.3, -0.25) is 10.1 Å². The van der Waals surface area contributed by atoms with Crippen LogP contribution in [0.1, 0.15) is 39.0 Å². The van der Waals surface area contributed by atoms with Crippen LogP contribution in [-0.4, -0.2) is 4.92 Å². The minimum absolute atomic E-state index is 0.142. The normalized spacial score (nSPS) is 10.9. The maximum absolute atomic E-state index is 10.5. The molecule has 0 bridgehead atoms. The molecule has 0 aliphatic heterocycles. The van der Waals surface area contributed by atoms with Gasteiger partial charge in [-0.05, 0) is 30.4 Å². The van der Waals surface area contributed by atoms with Crippen LogP contribution < -0.4 is 0 Å². The number of hydrogen-bond acceptors (Lipinski definition) is 3. The van der Waals surface area contributed by atoms with E-state index in [1.165, 1.54) is 37.8 Å². The summed E-state index contributed by atoms with van der Waals surface area (Å²) in [6.07, 6.45) is 8.39. The maximum Gasteiger partial charge on any atom is 0.269 e. The van der Waals surface area contributed by atoms with Crippen molar-refractivity contribution in [2.45, 2.75) is 43.9 Å². The monoisotopic (exact) mass is 265 g/mol. The minimum Gasteiger partial charge on any atom is -0.258 e. The van der Waals surface area contributed by atoms with Crippen molar-refractivity contribution in [3.63, 3.8) is 0 Å². The van der Waals surface area contributed by atoms with Crippen LogP contribution in [0, 0.1) is 10.1 Å². The van der Waals surface area contributed by atoms with Gasteiger partial charge in [0.2, 0.25) is 0 Å². The Morgan fingerprint density at radius 2 is 1.94 bits per heavy atom. The highest BCUT2D eigenvalue weighted by molar-refractivity contribution is 8.02. The SMILES string of the molecule is CCCCCC/C=C/Sc1ccc([N+](=O)[O-])cc1. The maximum atomic E-state index is 10.5. The number of non-ortho nitro benzene ring substituents is 1. The predicted molar refractivity (Wildman–Crippen MR) is 76.9 cm³/mol. The smallest absolute Gasteiger partial charge is 0.258 e. The van der Waals surface area contributed by atoms with Crippen molar-refractivity contribution in [3.8, 4) is 0 Å². The first-order valence-corrected chi connectivity index (χ1v) is 7.18. The lowest BCUT2D eigenvalue weighted by Gasteiger charge is -1.96. The zero-order valence-corrected chi connectivity index (χ0v) is 11.5. The molecule has 4 heteroatoms. The lowest BCUT2D eigenvalue weighted by Crippen LogP contribution is -1.86. The Morgan fingerprint density at radius 3 is 2.56 bits per heavy atom. The molecule has 0 spiro atoms. The molecule has 0 aromatic heterocycles. The van der Waals surface area contributed by atoms with E-state index >= 15 is 0 Å². The van der Waals surface area contributed by atoms with Crippen molar-refractivity contribution in [1.82, 2.24) is 0 Å². The van der Waals surface area contributed by atoms with Gasteiger partial charge in [-0.2, -0.15) is 0 Å². The zero-order chi connectivity index (χ0) is 13.2. The third kappa shape index (κ3) is 5.87. The van der Waals surface area contributed by atoms with Gasteiger partial charge in [-0.15, -0.1) is 0 Å². The fraction of sp³-hybridized carbons (Fsp3) is 0.429. The highest BCUT2D eigenvalue weighted by atomic mass is 32.2. The van der Waals surface area contributed by atoms with E-state index in [0.717, 1.165) is 11.3 Å². The number of rotatable bonds is 8. The first-order chi connectivity index (χ1) is 8.74. The molecule has 1 aromatic rings. The van der Waals surface area contributed by atoms with E-state index in [1.54, 1.807) is 23.9 Å². The number of benzene rings is 1. The van der Waals surface area contributed by atoms with Gasteiger partial charge in [0.25, 0.3) is 5.69 Å². The highest BCUT2D eigenvalue weighted by Crippen LogP contribution is 2.22. The van der Waals surface area contributed by atoms with Gasteiger partial charge in [0, 0.05) is 17.0 Å². The Balaban J connectivity index is 2.26. The fourth-order valence-electron chi connectivity index (χ4n) is 1.53. The first kappa shape index (κ1) is 14.8. The molecule has 0 saturated carbocycles. The van der Waals surface area contributed by atoms with Gasteiger partial charge in [0.15, 0.2) is 0 Å². The molecule has 18 heavy (non-hydrogen) atoms. The lowest BCUT2D eigenvalue weighted by atomic mass is 10.2. The number of thioether (sulfide) groups is 1. The summed E-state index contributed by atoms with van der Waals surface area (Å²) in [6, 6.07) is 6.64. The first-order valence-electron chi connectivity index (χ1n) is 6.30. The van der Waals surface area contributed by atoms with Crippen LogP contribution in [0.2, 0.25) is 0 Å². The van der Waals surface area contributed by atoms with E-state index in [4.69, 9.17) is 0 Å². The molecule has 3 nitrogen and oxygen atoms in total. The fourth-order valence-corrected chi connectivity index (χ4v) is 2.21. The topological polar surface area (TPSA) is 43.1 Å². The summed E-state index contributed by atoms with van der Waals surface area (Å²) in [5.41, 5.74) is 0.142. The van der Waals surface area contributed by atoms with E-state index in [0.29, 0.717) is 0 Å². The number of hydrogen-bond donors (Lipinski definition) is 0. The van der Waals surface area contributed by atoms with Crippen molar-refractivity contribution in [3.05, 3.63) is 45.9 Å². The molecule has 0 aliphatic carbocycles. The van der Waals surface area contributed by atoms with Gasteiger partial charge in [0.1, 0.15) is 0 Å². The molecule has 0 fully saturated rings. The van der Waals surface area contributed by atoms with Crippen molar-refractivity contribution < 1.29 is 4.92 Å². The third-order valence-corrected chi connectivity index (χ3v) is 3.45. The van der Waals surface area contributed by atoms with Crippen molar-refractivity contribution >= 4 is 17.4 Å². The van der Waals surface area contributed by atoms with Crippen molar-refractivity contribution in [1.29, 1.82) is 0 Å². The number of unbranched alkanes of at least 4 members (excludes halogenated alkanes) is 4. The Morgan fingerprint density at radius 1 is 1.22 bits per heavy atom. The Bertz CT molecular complexity index is 387. The molecule has 0 unspecified atom stereocenters. The van der Waals surface area contributed by atoms with Crippen LogP contribution in [0.4, 0.5) is 5.69 Å². The van der Waals surface area contributed by atoms with E-state index in [9.17, 15) is 10.1 Å². The van der Waals surface area contributed by atoms with Crippen molar-refractivity contribution in [2.24, 2.45) is 0 Å². The standard InChI is InChI=1S/C14H19NO2S/c1-2-3-4-5-6-7-12-18-14-10-8-13(9-11-14)15(16)17/h7-12H,2-6H2,1H3/b12-7+. The Kier molecular flexibility index (Phi) is 7.18. The molecule has 0 N–H and O–H groups in total. The summed E-state index contributed by atoms with van der Waals surface area (Å²) in [4.78, 5) is 11.1. The van der Waals surface area contributed by atoms with E-state index in [1.807, 2.05) is 0 Å². The number of allylic oxidation sites excluding steroid dienone is 1. The average Bonchev–Trinajstić information content (AvgIpc) is 2.38. The second kappa shape index (κ2) is 8.75. The number of nitrogens with zero attached hydrogens (tertiary/aromatic N) is 1. The molecule has 0 heterocycles. The zero-order valence-electron chi connectivity index (χ0n) is 10.7.